The normalized spacial score (nSPS) is 12.2. The summed E-state index contributed by atoms with van der Waals surface area (Å²) < 4.78 is 5.26. The van der Waals surface area contributed by atoms with Gasteiger partial charge in [-0.15, -0.1) is 0 Å². The SMILES string of the molecule is CC.CCCC(CN(C)C)OC. The quantitative estimate of drug-likeness (QED) is 0.636. The molecule has 76 valence electrons. The molecule has 0 N–H and O–H groups in total. The predicted octanol–water partition coefficient (Wildman–Crippen LogP) is 2.39. The molecule has 2 heteroatoms. The van der Waals surface area contributed by atoms with E-state index in [0.29, 0.717) is 6.10 Å². The summed E-state index contributed by atoms with van der Waals surface area (Å²) in [4.78, 5) is 2.16. The molecule has 12 heavy (non-hydrogen) atoms. The van der Waals surface area contributed by atoms with E-state index in [1.54, 1.807) is 7.11 Å². The molecule has 2 nitrogen and oxygen atoms in total. The second kappa shape index (κ2) is 10.9. The van der Waals surface area contributed by atoms with Crippen LogP contribution in [0.25, 0.3) is 0 Å². The van der Waals surface area contributed by atoms with Crippen LogP contribution >= 0.6 is 0 Å². The molecule has 0 aromatic heterocycles. The first-order valence-corrected chi connectivity index (χ1v) is 4.88. The first kappa shape index (κ1) is 14.4. The lowest BCUT2D eigenvalue weighted by Gasteiger charge is -2.18. The van der Waals surface area contributed by atoms with Crippen LogP contribution in [0.2, 0.25) is 0 Å². The molecule has 0 heterocycles. The first-order valence-electron chi connectivity index (χ1n) is 4.88. The highest BCUT2D eigenvalue weighted by atomic mass is 16.5. The minimum Gasteiger partial charge on any atom is -0.380 e. The molecule has 0 saturated carbocycles. The van der Waals surface area contributed by atoms with Crippen molar-refractivity contribution >= 4 is 0 Å². The number of hydrogen-bond acceptors (Lipinski definition) is 2. The molecule has 0 rings (SSSR count). The Bertz CT molecular complexity index is 74.2. The van der Waals surface area contributed by atoms with E-state index in [1.807, 2.05) is 13.8 Å². The van der Waals surface area contributed by atoms with Crippen molar-refractivity contribution in [3.05, 3.63) is 0 Å². The summed E-state index contributed by atoms with van der Waals surface area (Å²) in [7, 11) is 5.92. The molecule has 0 saturated heterocycles. The maximum atomic E-state index is 5.26. The molecule has 0 aliphatic heterocycles. The van der Waals surface area contributed by atoms with E-state index in [1.165, 1.54) is 6.42 Å². The predicted molar refractivity (Wildman–Crippen MR) is 55.6 cm³/mol. The van der Waals surface area contributed by atoms with Crippen LogP contribution in [-0.4, -0.2) is 38.8 Å². The van der Waals surface area contributed by atoms with Gasteiger partial charge in [0.25, 0.3) is 0 Å². The minimum atomic E-state index is 0.417. The second-order valence-corrected chi connectivity index (χ2v) is 2.91. The molecule has 0 aliphatic carbocycles. The van der Waals surface area contributed by atoms with Crippen molar-refractivity contribution in [2.75, 3.05) is 27.7 Å². The topological polar surface area (TPSA) is 12.5 Å². The highest BCUT2D eigenvalue weighted by Crippen LogP contribution is 2.00. The van der Waals surface area contributed by atoms with Gasteiger partial charge in [0, 0.05) is 13.7 Å². The van der Waals surface area contributed by atoms with Crippen LogP contribution in [0.5, 0.6) is 0 Å². The molecule has 0 aromatic carbocycles. The van der Waals surface area contributed by atoms with Gasteiger partial charge in [-0.05, 0) is 20.5 Å². The van der Waals surface area contributed by atoms with Crippen molar-refractivity contribution in [3.63, 3.8) is 0 Å². The molecule has 1 atom stereocenters. The van der Waals surface area contributed by atoms with Crippen LogP contribution in [0.3, 0.4) is 0 Å². The van der Waals surface area contributed by atoms with Crippen LogP contribution in [0.1, 0.15) is 33.6 Å². The van der Waals surface area contributed by atoms with E-state index in [4.69, 9.17) is 4.74 Å². The van der Waals surface area contributed by atoms with Gasteiger partial charge in [-0.2, -0.15) is 0 Å². The zero-order valence-electron chi connectivity index (χ0n) is 9.55. The molecule has 0 aromatic rings. The van der Waals surface area contributed by atoms with E-state index in [2.05, 4.69) is 25.9 Å². The van der Waals surface area contributed by atoms with Crippen molar-refractivity contribution in [3.8, 4) is 0 Å². The van der Waals surface area contributed by atoms with Gasteiger partial charge in [0.15, 0.2) is 0 Å². The molecule has 0 aliphatic rings. The maximum absolute atomic E-state index is 5.26. The summed E-state index contributed by atoms with van der Waals surface area (Å²) in [6, 6.07) is 0. The fourth-order valence-electron chi connectivity index (χ4n) is 1.01. The lowest BCUT2D eigenvalue weighted by atomic mass is 10.2. The minimum absolute atomic E-state index is 0.417. The van der Waals surface area contributed by atoms with E-state index in [0.717, 1.165) is 13.0 Å². The summed E-state index contributed by atoms with van der Waals surface area (Å²) in [5.41, 5.74) is 0. The molecule has 0 bridgehead atoms. The van der Waals surface area contributed by atoms with Crippen molar-refractivity contribution in [2.24, 2.45) is 0 Å². The zero-order valence-corrected chi connectivity index (χ0v) is 9.55. The van der Waals surface area contributed by atoms with E-state index in [9.17, 15) is 0 Å². The van der Waals surface area contributed by atoms with Gasteiger partial charge in [0.05, 0.1) is 6.10 Å². The van der Waals surface area contributed by atoms with Crippen LogP contribution in [-0.2, 0) is 4.74 Å². The van der Waals surface area contributed by atoms with Crippen LogP contribution < -0.4 is 0 Å². The first-order chi connectivity index (χ1) is 5.70. The van der Waals surface area contributed by atoms with Crippen molar-refractivity contribution in [2.45, 2.75) is 39.7 Å². The number of methoxy groups -OCH3 is 1. The Balaban J connectivity index is 0. The fourth-order valence-corrected chi connectivity index (χ4v) is 1.01. The Morgan fingerprint density at radius 1 is 1.25 bits per heavy atom. The number of ether oxygens (including phenoxy) is 1. The fraction of sp³-hybridized carbons (Fsp3) is 1.00. The molecule has 0 spiro atoms. The molecule has 0 fully saturated rings. The Labute approximate surface area is 77.9 Å². The zero-order chi connectivity index (χ0) is 9.98. The third-order valence-electron chi connectivity index (χ3n) is 1.51. The Morgan fingerprint density at radius 3 is 2.00 bits per heavy atom. The monoisotopic (exact) mass is 175 g/mol. The average Bonchev–Trinajstić information content (AvgIpc) is 2.07. The van der Waals surface area contributed by atoms with Gasteiger partial charge in [-0.3, -0.25) is 0 Å². The Kier molecular flexibility index (Phi) is 13.1. The lowest BCUT2D eigenvalue weighted by molar-refractivity contribution is 0.0713. The summed E-state index contributed by atoms with van der Waals surface area (Å²) in [5, 5.41) is 0. The van der Waals surface area contributed by atoms with Gasteiger partial charge in [0.1, 0.15) is 0 Å². The third kappa shape index (κ3) is 9.92. The standard InChI is InChI=1S/C8H19NO.C2H6/c1-5-6-8(10-4)7-9(2)3;1-2/h8H,5-7H2,1-4H3;1-2H3. The summed E-state index contributed by atoms with van der Waals surface area (Å²) in [6.07, 6.45) is 2.78. The molecular weight excluding hydrogens is 150 g/mol. The largest absolute Gasteiger partial charge is 0.380 e. The van der Waals surface area contributed by atoms with Gasteiger partial charge in [-0.25, -0.2) is 0 Å². The molecule has 0 radical (unpaired) electrons. The van der Waals surface area contributed by atoms with E-state index in [-0.39, 0.29) is 0 Å². The van der Waals surface area contributed by atoms with Crippen LogP contribution in [0, 0.1) is 0 Å². The number of nitrogens with zero attached hydrogens (tertiary/aromatic N) is 1. The highest BCUT2D eigenvalue weighted by molar-refractivity contribution is 4.58. The summed E-state index contributed by atoms with van der Waals surface area (Å²) in [5.74, 6) is 0. The highest BCUT2D eigenvalue weighted by Gasteiger charge is 2.05. The Morgan fingerprint density at radius 2 is 1.75 bits per heavy atom. The van der Waals surface area contributed by atoms with E-state index < -0.39 is 0 Å². The Hall–Kier alpha value is -0.0800. The number of likely N-dealkylation sites (N-methyl/N-ethyl adjacent to an activating group) is 1. The van der Waals surface area contributed by atoms with Gasteiger partial charge in [-0.1, -0.05) is 27.2 Å². The summed E-state index contributed by atoms with van der Waals surface area (Å²) >= 11 is 0. The number of hydrogen-bond donors (Lipinski definition) is 0. The average molecular weight is 175 g/mol. The molecular formula is C10H25NO. The maximum Gasteiger partial charge on any atom is 0.0697 e. The van der Waals surface area contributed by atoms with Crippen molar-refractivity contribution < 1.29 is 4.74 Å². The van der Waals surface area contributed by atoms with Crippen LogP contribution in [0.15, 0.2) is 0 Å². The van der Waals surface area contributed by atoms with Crippen LogP contribution in [0.4, 0.5) is 0 Å². The van der Waals surface area contributed by atoms with Gasteiger partial charge in [0.2, 0.25) is 0 Å². The second-order valence-electron chi connectivity index (χ2n) is 2.91. The van der Waals surface area contributed by atoms with Gasteiger partial charge >= 0.3 is 0 Å². The lowest BCUT2D eigenvalue weighted by Crippen LogP contribution is -2.27. The van der Waals surface area contributed by atoms with Crippen molar-refractivity contribution in [1.82, 2.24) is 4.90 Å². The molecule has 1 unspecified atom stereocenters. The smallest absolute Gasteiger partial charge is 0.0697 e. The third-order valence-corrected chi connectivity index (χ3v) is 1.51. The number of rotatable bonds is 5. The molecule has 0 amide bonds. The van der Waals surface area contributed by atoms with Gasteiger partial charge < -0.3 is 9.64 Å². The van der Waals surface area contributed by atoms with E-state index >= 15 is 0 Å². The summed E-state index contributed by atoms with van der Waals surface area (Å²) in [6.45, 7) is 7.21. The van der Waals surface area contributed by atoms with Crippen molar-refractivity contribution in [1.29, 1.82) is 0 Å².